The first kappa shape index (κ1) is 15.9. The van der Waals surface area contributed by atoms with Crippen molar-refractivity contribution in [1.29, 1.82) is 0 Å². The van der Waals surface area contributed by atoms with Crippen molar-refractivity contribution in [3.05, 3.63) is 63.7 Å². The lowest BCUT2D eigenvalue weighted by Gasteiger charge is -2.19. The average molecular weight is 304 g/mol. The van der Waals surface area contributed by atoms with Gasteiger partial charge in [0.1, 0.15) is 12.4 Å². The van der Waals surface area contributed by atoms with Crippen LogP contribution in [0.4, 0.5) is 0 Å². The quantitative estimate of drug-likeness (QED) is 0.871. The molecule has 2 aromatic carbocycles. The van der Waals surface area contributed by atoms with E-state index in [-0.39, 0.29) is 6.04 Å². The zero-order valence-corrected chi connectivity index (χ0v) is 13.8. The molecule has 0 aliphatic carbocycles. The van der Waals surface area contributed by atoms with Crippen molar-refractivity contribution in [2.75, 3.05) is 13.7 Å². The van der Waals surface area contributed by atoms with Gasteiger partial charge in [-0.2, -0.15) is 0 Å². The summed E-state index contributed by atoms with van der Waals surface area (Å²) in [5, 5.41) is 4.02. The normalized spacial score (nSPS) is 12.2. The van der Waals surface area contributed by atoms with Crippen LogP contribution in [0.1, 0.15) is 28.3 Å². The standard InChI is InChI=1S/C18H22ClNO/c1-12-7-13(2)9-15(8-12)17(20-4)11-21-18-10-16(19)6-5-14(18)3/h5-10,17,20H,11H2,1-4H3. The van der Waals surface area contributed by atoms with Crippen molar-refractivity contribution in [2.24, 2.45) is 0 Å². The Kier molecular flexibility index (Phi) is 5.27. The first-order chi connectivity index (χ1) is 9.99. The highest BCUT2D eigenvalue weighted by atomic mass is 35.5. The molecule has 112 valence electrons. The van der Waals surface area contributed by atoms with Crippen molar-refractivity contribution in [1.82, 2.24) is 5.32 Å². The molecule has 2 rings (SSSR count). The fraction of sp³-hybridized carbons (Fsp3) is 0.333. The van der Waals surface area contributed by atoms with Crippen molar-refractivity contribution < 1.29 is 4.74 Å². The highest BCUT2D eigenvalue weighted by molar-refractivity contribution is 6.30. The molecule has 0 heterocycles. The van der Waals surface area contributed by atoms with Crippen LogP contribution in [0.15, 0.2) is 36.4 Å². The molecule has 0 bridgehead atoms. The van der Waals surface area contributed by atoms with Gasteiger partial charge in [0.25, 0.3) is 0 Å². The summed E-state index contributed by atoms with van der Waals surface area (Å²) in [4.78, 5) is 0. The Balaban J connectivity index is 2.14. The molecule has 1 N–H and O–H groups in total. The summed E-state index contributed by atoms with van der Waals surface area (Å²) in [5.74, 6) is 0.840. The Hall–Kier alpha value is -1.51. The maximum atomic E-state index is 6.03. The molecule has 3 heteroatoms. The van der Waals surface area contributed by atoms with Gasteiger partial charge in [0.15, 0.2) is 0 Å². The van der Waals surface area contributed by atoms with E-state index in [4.69, 9.17) is 16.3 Å². The Bertz CT molecular complexity index is 604. The summed E-state index contributed by atoms with van der Waals surface area (Å²) in [6.07, 6.45) is 0. The van der Waals surface area contributed by atoms with Gasteiger partial charge in [-0.1, -0.05) is 47.0 Å². The molecule has 0 fully saturated rings. The molecule has 2 aromatic rings. The number of hydrogen-bond donors (Lipinski definition) is 1. The van der Waals surface area contributed by atoms with E-state index in [1.54, 1.807) is 0 Å². The molecule has 21 heavy (non-hydrogen) atoms. The highest BCUT2D eigenvalue weighted by Crippen LogP contribution is 2.24. The van der Waals surface area contributed by atoms with Gasteiger partial charge in [-0.15, -0.1) is 0 Å². The monoisotopic (exact) mass is 303 g/mol. The van der Waals surface area contributed by atoms with E-state index in [2.05, 4.69) is 37.4 Å². The molecule has 0 spiro atoms. The second kappa shape index (κ2) is 6.97. The van der Waals surface area contributed by atoms with E-state index in [0.717, 1.165) is 11.3 Å². The number of nitrogens with one attached hydrogen (secondary N) is 1. The third-order valence-corrected chi connectivity index (χ3v) is 3.79. The van der Waals surface area contributed by atoms with Crippen molar-refractivity contribution in [2.45, 2.75) is 26.8 Å². The summed E-state index contributed by atoms with van der Waals surface area (Å²) in [6.45, 7) is 6.83. The SMILES string of the molecule is CNC(COc1cc(Cl)ccc1C)c1cc(C)cc(C)c1. The van der Waals surface area contributed by atoms with Gasteiger partial charge >= 0.3 is 0 Å². The molecule has 0 amide bonds. The molecule has 2 nitrogen and oxygen atoms in total. The molecule has 0 saturated carbocycles. The maximum absolute atomic E-state index is 6.03. The third kappa shape index (κ3) is 4.23. The molecular formula is C18H22ClNO. The Labute approximate surface area is 132 Å². The number of benzene rings is 2. The second-order valence-electron chi connectivity index (χ2n) is 5.48. The largest absolute Gasteiger partial charge is 0.491 e. The smallest absolute Gasteiger partial charge is 0.123 e. The van der Waals surface area contributed by atoms with Gasteiger partial charge in [0, 0.05) is 5.02 Å². The molecule has 0 radical (unpaired) electrons. The van der Waals surface area contributed by atoms with Crippen LogP contribution in [0.3, 0.4) is 0 Å². The van der Waals surface area contributed by atoms with Gasteiger partial charge in [-0.25, -0.2) is 0 Å². The highest BCUT2D eigenvalue weighted by Gasteiger charge is 2.12. The van der Waals surface area contributed by atoms with E-state index < -0.39 is 0 Å². The van der Waals surface area contributed by atoms with E-state index in [1.165, 1.54) is 16.7 Å². The van der Waals surface area contributed by atoms with Crippen LogP contribution in [0.2, 0.25) is 5.02 Å². The fourth-order valence-corrected chi connectivity index (χ4v) is 2.62. The fourth-order valence-electron chi connectivity index (χ4n) is 2.46. The molecule has 0 aliphatic rings. The van der Waals surface area contributed by atoms with Crippen LogP contribution in [-0.4, -0.2) is 13.7 Å². The predicted octanol–water partition coefficient (Wildman–Crippen LogP) is 4.60. The van der Waals surface area contributed by atoms with Gasteiger partial charge in [0.2, 0.25) is 0 Å². The minimum absolute atomic E-state index is 0.155. The number of likely N-dealkylation sites (N-methyl/N-ethyl adjacent to an activating group) is 1. The lowest BCUT2D eigenvalue weighted by molar-refractivity contribution is 0.271. The Morgan fingerprint density at radius 2 is 1.71 bits per heavy atom. The average Bonchev–Trinajstić information content (AvgIpc) is 2.42. The topological polar surface area (TPSA) is 21.3 Å². The van der Waals surface area contributed by atoms with Crippen molar-refractivity contribution in [3.63, 3.8) is 0 Å². The van der Waals surface area contributed by atoms with Crippen LogP contribution in [-0.2, 0) is 0 Å². The molecule has 1 unspecified atom stereocenters. The van der Waals surface area contributed by atoms with Crippen molar-refractivity contribution >= 4 is 11.6 Å². The lowest BCUT2D eigenvalue weighted by atomic mass is 10.0. The summed E-state index contributed by atoms with van der Waals surface area (Å²) in [7, 11) is 1.95. The van der Waals surface area contributed by atoms with Gasteiger partial charge in [0.05, 0.1) is 6.04 Å². The van der Waals surface area contributed by atoms with Crippen LogP contribution in [0.5, 0.6) is 5.75 Å². The molecule has 0 aliphatic heterocycles. The molecule has 0 saturated heterocycles. The minimum Gasteiger partial charge on any atom is -0.491 e. The molecule has 0 aromatic heterocycles. The summed E-state index contributed by atoms with van der Waals surface area (Å²) >= 11 is 6.03. The van der Waals surface area contributed by atoms with Crippen molar-refractivity contribution in [3.8, 4) is 5.75 Å². The summed E-state index contributed by atoms with van der Waals surface area (Å²) in [5.41, 5.74) is 4.87. The number of aryl methyl sites for hydroxylation is 3. The summed E-state index contributed by atoms with van der Waals surface area (Å²) < 4.78 is 5.96. The first-order valence-electron chi connectivity index (χ1n) is 7.14. The molecule has 1 atom stereocenters. The molecular weight excluding hydrogens is 282 g/mol. The third-order valence-electron chi connectivity index (χ3n) is 3.55. The number of hydrogen-bond acceptors (Lipinski definition) is 2. The Morgan fingerprint density at radius 3 is 2.33 bits per heavy atom. The second-order valence-corrected chi connectivity index (χ2v) is 5.92. The maximum Gasteiger partial charge on any atom is 0.123 e. The van der Waals surface area contributed by atoms with Crippen LogP contribution >= 0.6 is 11.6 Å². The van der Waals surface area contributed by atoms with Crippen LogP contribution in [0.25, 0.3) is 0 Å². The predicted molar refractivity (Wildman–Crippen MR) is 89.4 cm³/mol. The van der Waals surface area contributed by atoms with E-state index >= 15 is 0 Å². The van der Waals surface area contributed by atoms with Gasteiger partial charge in [-0.05, 0) is 51.1 Å². The zero-order chi connectivity index (χ0) is 15.4. The van der Waals surface area contributed by atoms with Crippen LogP contribution in [0, 0.1) is 20.8 Å². The van der Waals surface area contributed by atoms with Crippen LogP contribution < -0.4 is 10.1 Å². The van der Waals surface area contributed by atoms with E-state index in [0.29, 0.717) is 11.6 Å². The lowest BCUT2D eigenvalue weighted by Crippen LogP contribution is -2.23. The number of halogens is 1. The zero-order valence-electron chi connectivity index (χ0n) is 13.0. The minimum atomic E-state index is 0.155. The van der Waals surface area contributed by atoms with Gasteiger partial charge < -0.3 is 10.1 Å². The van der Waals surface area contributed by atoms with E-state index in [1.807, 2.05) is 32.2 Å². The summed E-state index contributed by atoms with van der Waals surface area (Å²) in [6, 6.07) is 12.4. The number of ether oxygens (including phenoxy) is 1. The first-order valence-corrected chi connectivity index (χ1v) is 7.52. The van der Waals surface area contributed by atoms with E-state index in [9.17, 15) is 0 Å². The van der Waals surface area contributed by atoms with Gasteiger partial charge in [-0.3, -0.25) is 0 Å². The number of rotatable bonds is 5. The Morgan fingerprint density at radius 1 is 1.05 bits per heavy atom.